The maximum atomic E-state index is 12.3. The van der Waals surface area contributed by atoms with Crippen molar-refractivity contribution in [2.75, 3.05) is 0 Å². The van der Waals surface area contributed by atoms with E-state index in [0.717, 1.165) is 0 Å². The van der Waals surface area contributed by atoms with Crippen LogP contribution in [0.5, 0.6) is 0 Å². The summed E-state index contributed by atoms with van der Waals surface area (Å²) in [6.07, 6.45) is 0. The van der Waals surface area contributed by atoms with E-state index >= 15 is 0 Å². The van der Waals surface area contributed by atoms with Gasteiger partial charge in [0.2, 0.25) is 0 Å². The van der Waals surface area contributed by atoms with Gasteiger partial charge in [0.15, 0.2) is 5.78 Å². The summed E-state index contributed by atoms with van der Waals surface area (Å²) in [5.74, 6) is -0.431. The van der Waals surface area contributed by atoms with Crippen LogP contribution in [0.2, 0.25) is 5.02 Å². The predicted molar refractivity (Wildman–Crippen MR) is 66.1 cm³/mol. The maximum Gasteiger partial charge on any atom is 0.446 e. The first-order valence-corrected chi connectivity index (χ1v) is 6.55. The van der Waals surface area contributed by atoms with E-state index < -0.39 is 16.1 Å². The minimum Gasteiger partial charge on any atom is -0.293 e. The van der Waals surface area contributed by atoms with Gasteiger partial charge in [-0.15, -0.1) is 0 Å². The average Bonchev–Trinajstić information content (AvgIpc) is 2.17. The fourth-order valence-electron chi connectivity index (χ4n) is 1.12. The molecular formula is C10H7BrClF3OS. The highest BCUT2D eigenvalue weighted by Crippen LogP contribution is 2.39. The van der Waals surface area contributed by atoms with Gasteiger partial charge < -0.3 is 0 Å². The molecule has 0 amide bonds. The summed E-state index contributed by atoms with van der Waals surface area (Å²) in [7, 11) is 0. The van der Waals surface area contributed by atoms with Gasteiger partial charge in [-0.1, -0.05) is 27.5 Å². The Kier molecular flexibility index (Phi) is 4.92. The first-order valence-electron chi connectivity index (χ1n) is 4.44. The minimum absolute atomic E-state index is 0.0239. The molecule has 0 radical (unpaired) electrons. The van der Waals surface area contributed by atoms with Crippen molar-refractivity contribution < 1.29 is 18.0 Å². The first kappa shape index (κ1) is 14.9. The van der Waals surface area contributed by atoms with Gasteiger partial charge in [-0.2, -0.15) is 13.2 Å². The largest absolute Gasteiger partial charge is 0.446 e. The van der Waals surface area contributed by atoms with Crippen molar-refractivity contribution in [3.8, 4) is 0 Å². The van der Waals surface area contributed by atoms with Crippen molar-refractivity contribution in [2.24, 2.45) is 0 Å². The van der Waals surface area contributed by atoms with E-state index in [1.165, 1.54) is 18.2 Å². The molecule has 1 rings (SSSR count). The highest BCUT2D eigenvalue weighted by atomic mass is 79.9. The van der Waals surface area contributed by atoms with Crippen molar-refractivity contribution in [1.82, 2.24) is 0 Å². The highest BCUT2D eigenvalue weighted by Gasteiger charge is 2.31. The molecule has 0 saturated heterocycles. The topological polar surface area (TPSA) is 17.1 Å². The summed E-state index contributed by atoms with van der Waals surface area (Å²) in [6, 6.07) is 3.77. The Labute approximate surface area is 114 Å². The molecule has 0 N–H and O–H groups in total. The number of ketones is 1. The van der Waals surface area contributed by atoms with Gasteiger partial charge >= 0.3 is 5.51 Å². The van der Waals surface area contributed by atoms with Crippen LogP contribution in [0.4, 0.5) is 13.2 Å². The molecule has 1 aromatic rings. The second kappa shape index (κ2) is 5.63. The van der Waals surface area contributed by atoms with E-state index in [0.29, 0.717) is 0 Å². The van der Waals surface area contributed by atoms with Crippen molar-refractivity contribution in [1.29, 1.82) is 0 Å². The van der Waals surface area contributed by atoms with Gasteiger partial charge in [-0.05, 0) is 36.9 Å². The zero-order valence-corrected chi connectivity index (χ0v) is 11.7. The molecule has 1 unspecified atom stereocenters. The van der Waals surface area contributed by atoms with Gasteiger partial charge in [0.1, 0.15) is 0 Å². The predicted octanol–water partition coefficient (Wildman–Crippen LogP) is 4.92. The molecule has 1 atom stereocenters. The molecular weight excluding hydrogens is 341 g/mol. The number of alkyl halides is 4. The fourth-order valence-corrected chi connectivity index (χ4v) is 2.20. The minimum atomic E-state index is -4.43. The Bertz CT molecular complexity index is 434. The fraction of sp³-hybridized carbons (Fsp3) is 0.300. The summed E-state index contributed by atoms with van der Waals surface area (Å²) in [4.78, 5) is 11.0. The summed E-state index contributed by atoms with van der Waals surface area (Å²) >= 11 is 8.39. The molecule has 0 bridgehead atoms. The van der Waals surface area contributed by atoms with Crippen LogP contribution in [0, 0.1) is 0 Å². The molecule has 0 heterocycles. The smallest absolute Gasteiger partial charge is 0.293 e. The van der Waals surface area contributed by atoms with Crippen LogP contribution in [0.3, 0.4) is 0 Å². The number of rotatable bonds is 3. The van der Waals surface area contributed by atoms with Crippen LogP contribution in [0.1, 0.15) is 17.3 Å². The molecule has 0 saturated carbocycles. The SMILES string of the molecule is CC(Br)C(=O)c1cc(Cl)ccc1SC(F)(F)F. The number of Topliss-reactive ketones (excluding diaryl/α,β-unsaturated/α-hetero) is 1. The number of hydrogen-bond donors (Lipinski definition) is 0. The van der Waals surface area contributed by atoms with Crippen LogP contribution in [0.25, 0.3) is 0 Å². The number of thioether (sulfide) groups is 1. The van der Waals surface area contributed by atoms with E-state index in [1.807, 2.05) is 0 Å². The monoisotopic (exact) mass is 346 g/mol. The second-order valence-electron chi connectivity index (χ2n) is 3.17. The molecule has 0 aliphatic heterocycles. The molecule has 0 aliphatic carbocycles. The van der Waals surface area contributed by atoms with Crippen molar-refractivity contribution in [2.45, 2.75) is 22.2 Å². The Morgan fingerprint density at radius 3 is 2.53 bits per heavy atom. The zero-order valence-electron chi connectivity index (χ0n) is 8.52. The average molecular weight is 348 g/mol. The molecule has 94 valence electrons. The van der Waals surface area contributed by atoms with Gasteiger partial charge in [0, 0.05) is 15.5 Å². The Balaban J connectivity index is 3.17. The van der Waals surface area contributed by atoms with Gasteiger partial charge in [0.05, 0.1) is 4.83 Å². The number of hydrogen-bond acceptors (Lipinski definition) is 2. The zero-order chi connectivity index (χ0) is 13.2. The van der Waals surface area contributed by atoms with Crippen LogP contribution in [0.15, 0.2) is 23.1 Å². The summed E-state index contributed by atoms with van der Waals surface area (Å²) in [5, 5.41) is 0.230. The Morgan fingerprint density at radius 2 is 2.06 bits per heavy atom. The highest BCUT2D eigenvalue weighted by molar-refractivity contribution is 9.10. The lowest BCUT2D eigenvalue weighted by Crippen LogP contribution is -2.12. The quantitative estimate of drug-likeness (QED) is 0.439. The van der Waals surface area contributed by atoms with Crippen LogP contribution >= 0.6 is 39.3 Å². The van der Waals surface area contributed by atoms with Crippen molar-refractivity contribution >= 4 is 45.1 Å². The standard InChI is InChI=1S/C10H7BrClF3OS/c1-5(11)9(16)7-4-6(12)2-3-8(7)17-10(13,14)15/h2-5H,1H3. The lowest BCUT2D eigenvalue weighted by atomic mass is 10.1. The number of halogens is 5. The number of benzene rings is 1. The lowest BCUT2D eigenvalue weighted by Gasteiger charge is -2.11. The number of carbonyl (C=O) groups is 1. The van der Waals surface area contributed by atoms with E-state index in [1.54, 1.807) is 6.92 Å². The molecule has 0 spiro atoms. The third kappa shape index (κ3) is 4.52. The Morgan fingerprint density at radius 1 is 1.47 bits per heavy atom. The van der Waals surface area contributed by atoms with Crippen LogP contribution in [-0.2, 0) is 0 Å². The van der Waals surface area contributed by atoms with Gasteiger partial charge in [0.25, 0.3) is 0 Å². The molecule has 0 aromatic heterocycles. The van der Waals surface area contributed by atoms with E-state index in [4.69, 9.17) is 11.6 Å². The van der Waals surface area contributed by atoms with Crippen molar-refractivity contribution in [3.63, 3.8) is 0 Å². The Hall–Kier alpha value is -0.200. The van der Waals surface area contributed by atoms with E-state index in [-0.39, 0.29) is 27.2 Å². The first-order chi connectivity index (χ1) is 7.70. The molecule has 7 heteroatoms. The van der Waals surface area contributed by atoms with Crippen LogP contribution < -0.4 is 0 Å². The van der Waals surface area contributed by atoms with Crippen LogP contribution in [-0.4, -0.2) is 16.1 Å². The maximum absolute atomic E-state index is 12.3. The molecule has 1 nitrogen and oxygen atoms in total. The summed E-state index contributed by atoms with van der Waals surface area (Å²) in [6.45, 7) is 1.55. The second-order valence-corrected chi connectivity index (χ2v) is 6.09. The summed E-state index contributed by atoms with van der Waals surface area (Å²) < 4.78 is 36.9. The molecule has 17 heavy (non-hydrogen) atoms. The molecule has 0 aliphatic rings. The lowest BCUT2D eigenvalue weighted by molar-refractivity contribution is -0.0328. The number of carbonyl (C=O) groups excluding carboxylic acids is 1. The molecule has 0 fully saturated rings. The van der Waals surface area contributed by atoms with Crippen molar-refractivity contribution in [3.05, 3.63) is 28.8 Å². The van der Waals surface area contributed by atoms with E-state index in [9.17, 15) is 18.0 Å². The van der Waals surface area contributed by atoms with Gasteiger partial charge in [-0.3, -0.25) is 4.79 Å². The van der Waals surface area contributed by atoms with Gasteiger partial charge in [-0.25, -0.2) is 0 Å². The normalized spacial score (nSPS) is 13.5. The third-order valence-corrected chi connectivity index (χ3v) is 3.25. The molecule has 1 aromatic carbocycles. The third-order valence-electron chi connectivity index (χ3n) is 1.79. The van der Waals surface area contributed by atoms with E-state index in [2.05, 4.69) is 15.9 Å². The summed E-state index contributed by atoms with van der Waals surface area (Å²) in [5.41, 5.74) is -4.46.